The van der Waals surface area contributed by atoms with E-state index in [0.29, 0.717) is 0 Å². The van der Waals surface area contributed by atoms with Gasteiger partial charge in [0, 0.05) is 12.0 Å². The third kappa shape index (κ3) is 3.18. The van der Waals surface area contributed by atoms with Crippen LogP contribution in [0.25, 0.3) is 6.08 Å². The molecule has 15 heavy (non-hydrogen) atoms. The highest BCUT2D eigenvalue weighted by atomic mass is 16.5. The monoisotopic (exact) mass is 200 g/mol. The van der Waals surface area contributed by atoms with Crippen molar-refractivity contribution in [3.8, 4) is 17.6 Å². The average Bonchev–Trinajstić information content (AvgIpc) is 2.29. The zero-order chi connectivity index (χ0) is 11.1. The summed E-state index contributed by atoms with van der Waals surface area (Å²) in [6.45, 7) is 5.89. The van der Waals surface area contributed by atoms with Gasteiger partial charge in [0.15, 0.2) is 0 Å². The third-order valence-electron chi connectivity index (χ3n) is 2.08. The maximum Gasteiger partial charge on any atom is 0.119 e. The number of hydrogen-bond donors (Lipinski definition) is 0. The van der Waals surface area contributed by atoms with E-state index in [1.165, 1.54) is 0 Å². The SMILES string of the molecule is C=Cc1cc(OC)ccc1C#CCCC. The Kier molecular flexibility index (Phi) is 4.50. The van der Waals surface area contributed by atoms with Gasteiger partial charge in [-0.3, -0.25) is 0 Å². The van der Waals surface area contributed by atoms with E-state index in [9.17, 15) is 0 Å². The molecule has 1 rings (SSSR count). The first kappa shape index (κ1) is 11.4. The van der Waals surface area contributed by atoms with Gasteiger partial charge in [0.2, 0.25) is 0 Å². The normalized spacial score (nSPS) is 8.93. The van der Waals surface area contributed by atoms with Crippen LogP contribution in [0.4, 0.5) is 0 Å². The largest absolute Gasteiger partial charge is 0.497 e. The zero-order valence-corrected chi connectivity index (χ0v) is 9.34. The van der Waals surface area contributed by atoms with Crippen molar-refractivity contribution in [2.75, 3.05) is 7.11 Å². The number of hydrogen-bond acceptors (Lipinski definition) is 1. The fourth-order valence-electron chi connectivity index (χ4n) is 1.23. The van der Waals surface area contributed by atoms with E-state index in [1.54, 1.807) is 13.2 Å². The molecule has 0 heterocycles. The predicted molar refractivity (Wildman–Crippen MR) is 64.9 cm³/mol. The van der Waals surface area contributed by atoms with Crippen molar-refractivity contribution < 1.29 is 4.74 Å². The van der Waals surface area contributed by atoms with Crippen LogP contribution in [0.1, 0.15) is 30.9 Å². The van der Waals surface area contributed by atoms with Crippen LogP contribution in [0.5, 0.6) is 5.75 Å². The minimum atomic E-state index is 0.839. The average molecular weight is 200 g/mol. The molecule has 0 spiro atoms. The lowest BCUT2D eigenvalue weighted by Gasteiger charge is -2.03. The predicted octanol–water partition coefficient (Wildman–Crippen LogP) is 3.49. The van der Waals surface area contributed by atoms with Gasteiger partial charge in [-0.15, -0.1) is 0 Å². The van der Waals surface area contributed by atoms with Crippen molar-refractivity contribution in [2.45, 2.75) is 19.8 Å². The lowest BCUT2D eigenvalue weighted by molar-refractivity contribution is 0.414. The van der Waals surface area contributed by atoms with E-state index < -0.39 is 0 Å². The van der Waals surface area contributed by atoms with Crippen LogP contribution in [0.2, 0.25) is 0 Å². The number of methoxy groups -OCH3 is 1. The van der Waals surface area contributed by atoms with Gasteiger partial charge in [-0.1, -0.05) is 31.4 Å². The summed E-state index contributed by atoms with van der Waals surface area (Å²) in [6, 6.07) is 5.84. The summed E-state index contributed by atoms with van der Waals surface area (Å²) in [6.07, 6.45) is 3.83. The van der Waals surface area contributed by atoms with Gasteiger partial charge >= 0.3 is 0 Å². The molecule has 1 aromatic rings. The van der Waals surface area contributed by atoms with E-state index in [2.05, 4.69) is 25.3 Å². The Balaban J connectivity index is 2.99. The van der Waals surface area contributed by atoms with E-state index in [4.69, 9.17) is 4.74 Å². The fourth-order valence-corrected chi connectivity index (χ4v) is 1.23. The number of benzene rings is 1. The molecule has 0 unspecified atom stereocenters. The fraction of sp³-hybridized carbons (Fsp3) is 0.286. The van der Waals surface area contributed by atoms with Gasteiger partial charge in [-0.05, 0) is 30.2 Å². The first-order chi connectivity index (χ1) is 7.31. The quantitative estimate of drug-likeness (QED) is 0.679. The molecule has 0 aliphatic heterocycles. The molecule has 0 N–H and O–H groups in total. The Hall–Kier alpha value is -1.68. The highest BCUT2D eigenvalue weighted by molar-refractivity contribution is 5.60. The zero-order valence-electron chi connectivity index (χ0n) is 9.34. The number of unbranched alkanes of at least 4 members (excludes halogenated alkanes) is 1. The molecule has 0 saturated carbocycles. The molecule has 0 bridgehead atoms. The van der Waals surface area contributed by atoms with Gasteiger partial charge in [-0.2, -0.15) is 0 Å². The van der Waals surface area contributed by atoms with E-state index >= 15 is 0 Å². The van der Waals surface area contributed by atoms with Crippen molar-refractivity contribution >= 4 is 6.08 Å². The topological polar surface area (TPSA) is 9.23 Å². The van der Waals surface area contributed by atoms with Crippen LogP contribution < -0.4 is 4.74 Å². The van der Waals surface area contributed by atoms with Crippen LogP contribution >= 0.6 is 0 Å². The van der Waals surface area contributed by atoms with Crippen molar-refractivity contribution in [3.63, 3.8) is 0 Å². The minimum absolute atomic E-state index is 0.839. The summed E-state index contributed by atoms with van der Waals surface area (Å²) in [5.74, 6) is 7.10. The Morgan fingerprint density at radius 3 is 2.87 bits per heavy atom. The van der Waals surface area contributed by atoms with Crippen molar-refractivity contribution in [1.29, 1.82) is 0 Å². The van der Waals surface area contributed by atoms with Gasteiger partial charge in [-0.25, -0.2) is 0 Å². The lowest BCUT2D eigenvalue weighted by atomic mass is 10.1. The Labute approximate surface area is 91.8 Å². The van der Waals surface area contributed by atoms with E-state index in [0.717, 1.165) is 29.7 Å². The number of ether oxygens (including phenoxy) is 1. The Bertz CT molecular complexity index is 394. The molecule has 1 aromatic carbocycles. The lowest BCUT2D eigenvalue weighted by Crippen LogP contribution is -1.86. The first-order valence-electron chi connectivity index (χ1n) is 5.11. The molecule has 0 atom stereocenters. The maximum absolute atomic E-state index is 5.14. The van der Waals surface area contributed by atoms with Crippen molar-refractivity contribution in [3.05, 3.63) is 35.9 Å². The summed E-state index contributed by atoms with van der Waals surface area (Å²) >= 11 is 0. The molecule has 0 fully saturated rings. The molecule has 0 aromatic heterocycles. The van der Waals surface area contributed by atoms with Crippen LogP contribution in [0, 0.1) is 11.8 Å². The molecule has 0 radical (unpaired) electrons. The molecule has 78 valence electrons. The maximum atomic E-state index is 5.14. The molecule has 0 aliphatic carbocycles. The summed E-state index contributed by atoms with van der Waals surface area (Å²) in [5, 5.41) is 0. The second-order valence-corrected chi connectivity index (χ2v) is 3.21. The van der Waals surface area contributed by atoms with Gasteiger partial charge < -0.3 is 4.74 Å². The summed E-state index contributed by atoms with van der Waals surface area (Å²) in [5.41, 5.74) is 2.04. The second-order valence-electron chi connectivity index (χ2n) is 3.21. The van der Waals surface area contributed by atoms with Crippen LogP contribution in [-0.2, 0) is 0 Å². The summed E-state index contributed by atoms with van der Waals surface area (Å²) in [7, 11) is 1.66. The molecule has 1 heteroatoms. The van der Waals surface area contributed by atoms with E-state index in [-0.39, 0.29) is 0 Å². The summed E-state index contributed by atoms with van der Waals surface area (Å²) in [4.78, 5) is 0. The Morgan fingerprint density at radius 2 is 2.27 bits per heavy atom. The Morgan fingerprint density at radius 1 is 1.47 bits per heavy atom. The van der Waals surface area contributed by atoms with Crippen molar-refractivity contribution in [2.24, 2.45) is 0 Å². The third-order valence-corrected chi connectivity index (χ3v) is 2.08. The minimum Gasteiger partial charge on any atom is -0.497 e. The molecular formula is C14H16O. The van der Waals surface area contributed by atoms with Gasteiger partial charge in [0.1, 0.15) is 5.75 Å². The molecule has 1 nitrogen and oxygen atoms in total. The van der Waals surface area contributed by atoms with E-state index in [1.807, 2.05) is 18.2 Å². The van der Waals surface area contributed by atoms with Crippen LogP contribution in [0.15, 0.2) is 24.8 Å². The standard InChI is InChI=1S/C14H16O/c1-4-6-7-8-13-9-10-14(15-3)11-12(13)5-2/h5,9-11H,2,4,6H2,1,3H3. The van der Waals surface area contributed by atoms with Crippen LogP contribution in [-0.4, -0.2) is 7.11 Å². The molecular weight excluding hydrogens is 184 g/mol. The smallest absolute Gasteiger partial charge is 0.119 e. The molecule has 0 amide bonds. The highest BCUT2D eigenvalue weighted by Crippen LogP contribution is 2.17. The highest BCUT2D eigenvalue weighted by Gasteiger charge is 1.98. The van der Waals surface area contributed by atoms with Crippen LogP contribution in [0.3, 0.4) is 0 Å². The first-order valence-corrected chi connectivity index (χ1v) is 5.11. The second kappa shape index (κ2) is 5.93. The molecule has 0 aliphatic rings. The van der Waals surface area contributed by atoms with Crippen molar-refractivity contribution in [1.82, 2.24) is 0 Å². The van der Waals surface area contributed by atoms with Gasteiger partial charge in [0.25, 0.3) is 0 Å². The number of rotatable bonds is 3. The van der Waals surface area contributed by atoms with Gasteiger partial charge in [0.05, 0.1) is 7.11 Å². The molecule has 0 saturated heterocycles. The summed E-state index contributed by atoms with van der Waals surface area (Å²) < 4.78 is 5.14.